The molecule has 0 saturated heterocycles. The molecule has 0 aliphatic rings. The Morgan fingerprint density at radius 1 is 1.35 bits per heavy atom. The summed E-state index contributed by atoms with van der Waals surface area (Å²) in [5.41, 5.74) is 2.95. The molecular weight excluding hydrogens is 270 g/mol. The molecule has 3 aromatic rings. The lowest BCUT2D eigenvalue weighted by molar-refractivity contribution is 0.0959. The van der Waals surface area contributed by atoms with E-state index in [1.807, 2.05) is 54.8 Å². The molecule has 1 aromatic carbocycles. The first kappa shape index (κ1) is 12.9. The number of imidazole rings is 1. The molecule has 0 radical (unpaired) electrons. The van der Waals surface area contributed by atoms with Crippen LogP contribution >= 0.6 is 11.3 Å². The van der Waals surface area contributed by atoms with Gasteiger partial charge in [0.1, 0.15) is 4.88 Å². The zero-order valence-corrected chi connectivity index (χ0v) is 12.2. The summed E-state index contributed by atoms with van der Waals surface area (Å²) in [6.45, 7) is 4.50. The van der Waals surface area contributed by atoms with Crippen LogP contribution < -0.4 is 5.32 Å². The van der Waals surface area contributed by atoms with Crippen molar-refractivity contribution in [3.05, 3.63) is 47.1 Å². The molecule has 20 heavy (non-hydrogen) atoms. The maximum absolute atomic E-state index is 11.9. The van der Waals surface area contributed by atoms with E-state index in [9.17, 15) is 4.79 Å². The van der Waals surface area contributed by atoms with Crippen LogP contribution in [0.5, 0.6) is 0 Å². The van der Waals surface area contributed by atoms with Gasteiger partial charge in [-0.3, -0.25) is 9.20 Å². The molecule has 0 saturated carbocycles. The normalized spacial score (nSPS) is 10.9. The molecule has 1 amide bonds. The topological polar surface area (TPSA) is 46.4 Å². The first-order chi connectivity index (χ1) is 9.70. The van der Waals surface area contributed by atoms with Gasteiger partial charge >= 0.3 is 0 Å². The monoisotopic (exact) mass is 285 g/mol. The Morgan fingerprint density at radius 2 is 2.10 bits per heavy atom. The van der Waals surface area contributed by atoms with Crippen LogP contribution in [0.25, 0.3) is 16.2 Å². The average Bonchev–Trinajstić information content (AvgIpc) is 3.00. The number of aromatic nitrogens is 2. The van der Waals surface area contributed by atoms with Gasteiger partial charge < -0.3 is 5.32 Å². The quantitative estimate of drug-likeness (QED) is 0.803. The molecule has 102 valence electrons. The molecule has 0 bridgehead atoms. The Balaban J connectivity index is 2.04. The highest BCUT2D eigenvalue weighted by Crippen LogP contribution is 2.26. The number of hydrogen-bond acceptors (Lipinski definition) is 3. The SMILES string of the molecule is CCNC(=O)c1sc2nc(-c3ccccc3)cn2c1C. The molecule has 4 nitrogen and oxygen atoms in total. The summed E-state index contributed by atoms with van der Waals surface area (Å²) in [5, 5.41) is 2.83. The van der Waals surface area contributed by atoms with Crippen LogP contribution in [0.3, 0.4) is 0 Å². The lowest BCUT2D eigenvalue weighted by atomic mass is 10.2. The number of fused-ring (bicyclic) bond motifs is 1. The van der Waals surface area contributed by atoms with Crippen LogP contribution in [0.4, 0.5) is 0 Å². The fourth-order valence-corrected chi connectivity index (χ4v) is 3.18. The molecule has 0 atom stereocenters. The Bertz CT molecular complexity index is 758. The molecule has 0 fully saturated rings. The number of thiazole rings is 1. The van der Waals surface area contributed by atoms with Crippen molar-refractivity contribution in [2.75, 3.05) is 6.54 Å². The fourth-order valence-electron chi connectivity index (χ4n) is 2.15. The predicted octanol–water partition coefficient (Wildman–Crippen LogP) is 3.12. The van der Waals surface area contributed by atoms with E-state index in [4.69, 9.17) is 0 Å². The van der Waals surface area contributed by atoms with Crippen molar-refractivity contribution in [1.82, 2.24) is 14.7 Å². The standard InChI is InChI=1S/C15H15N3OS/c1-3-16-14(19)13-10(2)18-9-12(17-15(18)20-13)11-7-5-4-6-8-11/h4-9H,3H2,1-2H3,(H,16,19). The summed E-state index contributed by atoms with van der Waals surface area (Å²) < 4.78 is 1.98. The number of rotatable bonds is 3. The van der Waals surface area contributed by atoms with Gasteiger partial charge in [-0.1, -0.05) is 41.7 Å². The zero-order valence-electron chi connectivity index (χ0n) is 11.4. The second kappa shape index (κ2) is 5.09. The van der Waals surface area contributed by atoms with Crippen molar-refractivity contribution in [2.45, 2.75) is 13.8 Å². The number of hydrogen-bond donors (Lipinski definition) is 1. The fraction of sp³-hybridized carbons (Fsp3) is 0.200. The van der Waals surface area contributed by atoms with Gasteiger partial charge in [0.15, 0.2) is 4.96 Å². The Hall–Kier alpha value is -2.14. The van der Waals surface area contributed by atoms with Crippen LogP contribution in [0.1, 0.15) is 22.3 Å². The van der Waals surface area contributed by atoms with Gasteiger partial charge in [0.2, 0.25) is 0 Å². The summed E-state index contributed by atoms with van der Waals surface area (Å²) in [6.07, 6.45) is 1.99. The molecule has 0 unspecified atom stereocenters. The summed E-state index contributed by atoms with van der Waals surface area (Å²) in [5.74, 6) is -0.0261. The van der Waals surface area contributed by atoms with Crippen molar-refractivity contribution in [3.8, 4) is 11.3 Å². The molecule has 3 rings (SSSR count). The van der Waals surface area contributed by atoms with Crippen LogP contribution in [0.2, 0.25) is 0 Å². The molecule has 2 heterocycles. The Kier molecular flexibility index (Phi) is 3.28. The summed E-state index contributed by atoms with van der Waals surface area (Å²) in [4.78, 5) is 18.1. The third-order valence-electron chi connectivity index (χ3n) is 3.17. The highest BCUT2D eigenvalue weighted by molar-refractivity contribution is 7.19. The molecule has 1 N–H and O–H groups in total. The minimum atomic E-state index is -0.0261. The van der Waals surface area contributed by atoms with E-state index in [-0.39, 0.29) is 5.91 Å². The number of amides is 1. The van der Waals surface area contributed by atoms with E-state index in [2.05, 4.69) is 10.3 Å². The van der Waals surface area contributed by atoms with Crippen LogP contribution in [0, 0.1) is 6.92 Å². The van der Waals surface area contributed by atoms with Gasteiger partial charge in [0.25, 0.3) is 5.91 Å². The third-order valence-corrected chi connectivity index (χ3v) is 4.33. The first-order valence-electron chi connectivity index (χ1n) is 6.53. The van der Waals surface area contributed by atoms with E-state index in [1.54, 1.807) is 0 Å². The predicted molar refractivity (Wildman–Crippen MR) is 81.2 cm³/mol. The average molecular weight is 285 g/mol. The van der Waals surface area contributed by atoms with Crippen LogP contribution in [-0.2, 0) is 0 Å². The summed E-state index contributed by atoms with van der Waals surface area (Å²) in [7, 11) is 0. The maximum Gasteiger partial charge on any atom is 0.263 e. The molecule has 0 aliphatic heterocycles. The minimum absolute atomic E-state index is 0.0261. The van der Waals surface area contributed by atoms with Crippen LogP contribution in [0.15, 0.2) is 36.5 Å². The van der Waals surface area contributed by atoms with Gasteiger partial charge in [0, 0.05) is 24.0 Å². The first-order valence-corrected chi connectivity index (χ1v) is 7.34. The Morgan fingerprint density at radius 3 is 2.75 bits per heavy atom. The van der Waals surface area contributed by atoms with E-state index < -0.39 is 0 Å². The van der Waals surface area contributed by atoms with Crippen molar-refractivity contribution in [1.29, 1.82) is 0 Å². The van der Waals surface area contributed by atoms with E-state index in [0.717, 1.165) is 26.8 Å². The molecule has 5 heteroatoms. The largest absolute Gasteiger partial charge is 0.352 e. The van der Waals surface area contributed by atoms with Crippen molar-refractivity contribution >= 4 is 22.2 Å². The summed E-state index contributed by atoms with van der Waals surface area (Å²) in [6, 6.07) is 10.0. The smallest absolute Gasteiger partial charge is 0.263 e. The second-order valence-corrected chi connectivity index (χ2v) is 5.50. The van der Waals surface area contributed by atoms with Crippen molar-refractivity contribution in [2.24, 2.45) is 0 Å². The minimum Gasteiger partial charge on any atom is -0.352 e. The lowest BCUT2D eigenvalue weighted by Crippen LogP contribution is -2.22. The molecule has 0 spiro atoms. The van der Waals surface area contributed by atoms with Gasteiger partial charge in [-0.05, 0) is 13.8 Å². The number of nitrogens with zero attached hydrogens (tertiary/aromatic N) is 2. The molecule has 2 aromatic heterocycles. The van der Waals surface area contributed by atoms with Gasteiger partial charge in [-0.25, -0.2) is 4.98 Å². The van der Waals surface area contributed by atoms with Crippen LogP contribution in [-0.4, -0.2) is 21.8 Å². The van der Waals surface area contributed by atoms with E-state index in [0.29, 0.717) is 6.54 Å². The summed E-state index contributed by atoms with van der Waals surface area (Å²) >= 11 is 1.43. The van der Waals surface area contributed by atoms with Gasteiger partial charge in [-0.2, -0.15) is 0 Å². The highest BCUT2D eigenvalue weighted by atomic mass is 32.1. The highest BCUT2D eigenvalue weighted by Gasteiger charge is 2.17. The number of benzene rings is 1. The van der Waals surface area contributed by atoms with Crippen molar-refractivity contribution < 1.29 is 4.79 Å². The van der Waals surface area contributed by atoms with E-state index in [1.165, 1.54) is 11.3 Å². The Labute approximate surface area is 121 Å². The third kappa shape index (κ3) is 2.10. The number of carbonyl (C=O) groups is 1. The second-order valence-electron chi connectivity index (χ2n) is 4.52. The van der Waals surface area contributed by atoms with Gasteiger partial charge in [-0.15, -0.1) is 0 Å². The lowest BCUT2D eigenvalue weighted by Gasteiger charge is -2.00. The number of aryl methyl sites for hydroxylation is 1. The molecular formula is C15H15N3OS. The zero-order chi connectivity index (χ0) is 14.1. The molecule has 0 aliphatic carbocycles. The van der Waals surface area contributed by atoms with Crippen molar-refractivity contribution in [3.63, 3.8) is 0 Å². The number of carbonyl (C=O) groups excluding carboxylic acids is 1. The maximum atomic E-state index is 11.9. The van der Waals surface area contributed by atoms with Gasteiger partial charge in [0.05, 0.1) is 5.69 Å². The number of nitrogens with one attached hydrogen (secondary N) is 1. The van der Waals surface area contributed by atoms with E-state index >= 15 is 0 Å².